The molecule has 0 aliphatic carbocycles. The largest absolute Gasteiger partial charge is 0.379 e. The molecule has 2 aliphatic rings. The van der Waals surface area contributed by atoms with Gasteiger partial charge in [0.15, 0.2) is 5.96 Å². The van der Waals surface area contributed by atoms with Gasteiger partial charge < -0.3 is 20.3 Å². The number of nitrogens with zero attached hydrogens (tertiary/aromatic N) is 4. The number of nitro groups is 1. The Balaban J connectivity index is 1.46. The number of likely N-dealkylation sites (tertiary alicyclic amines) is 1. The number of nitro benzene ring substituents is 1. The topological polar surface area (TPSA) is 95.3 Å². The summed E-state index contributed by atoms with van der Waals surface area (Å²) in [6, 6.07) is 6.60. The maximum Gasteiger partial charge on any atom is 0.269 e. The minimum atomic E-state index is -0.379. The van der Waals surface area contributed by atoms with Crippen LogP contribution in [0.2, 0.25) is 0 Å². The summed E-state index contributed by atoms with van der Waals surface area (Å²) < 4.78 is 5.41. The highest BCUT2D eigenvalue weighted by Gasteiger charge is 2.15. The molecule has 3 rings (SSSR count). The minimum absolute atomic E-state index is 0.104. The van der Waals surface area contributed by atoms with E-state index in [1.807, 2.05) is 0 Å². The Morgan fingerprint density at radius 3 is 2.41 bits per heavy atom. The highest BCUT2D eigenvalue weighted by atomic mass is 16.6. The monoisotopic (exact) mass is 446 g/mol. The van der Waals surface area contributed by atoms with E-state index in [1.165, 1.54) is 38.1 Å². The molecule has 2 N–H and O–H groups in total. The van der Waals surface area contributed by atoms with Crippen LogP contribution in [0.15, 0.2) is 29.3 Å². The molecule has 0 atom stereocenters. The number of morpholine rings is 1. The van der Waals surface area contributed by atoms with Crippen molar-refractivity contribution in [2.24, 2.45) is 10.9 Å². The van der Waals surface area contributed by atoms with Crippen molar-refractivity contribution in [2.75, 3.05) is 65.6 Å². The van der Waals surface area contributed by atoms with Crippen LogP contribution in [0.4, 0.5) is 5.69 Å². The molecule has 32 heavy (non-hydrogen) atoms. The van der Waals surface area contributed by atoms with Crippen molar-refractivity contribution < 1.29 is 9.66 Å². The van der Waals surface area contributed by atoms with Gasteiger partial charge in [-0.1, -0.05) is 19.1 Å². The van der Waals surface area contributed by atoms with E-state index in [9.17, 15) is 10.1 Å². The van der Waals surface area contributed by atoms with Gasteiger partial charge >= 0.3 is 0 Å². The smallest absolute Gasteiger partial charge is 0.269 e. The van der Waals surface area contributed by atoms with Crippen LogP contribution in [0.3, 0.4) is 0 Å². The van der Waals surface area contributed by atoms with Crippen molar-refractivity contribution in [3.8, 4) is 0 Å². The normalized spacial score (nSPS) is 19.1. The lowest BCUT2D eigenvalue weighted by Gasteiger charge is -2.30. The van der Waals surface area contributed by atoms with Crippen LogP contribution in [-0.4, -0.2) is 86.3 Å². The van der Waals surface area contributed by atoms with Crippen molar-refractivity contribution in [3.63, 3.8) is 0 Å². The number of piperidine rings is 1. The fourth-order valence-corrected chi connectivity index (χ4v) is 4.02. The first-order chi connectivity index (χ1) is 15.6. The molecule has 0 radical (unpaired) electrons. The van der Waals surface area contributed by atoms with Gasteiger partial charge in [0.05, 0.1) is 24.7 Å². The predicted molar refractivity (Wildman–Crippen MR) is 127 cm³/mol. The van der Waals surface area contributed by atoms with Gasteiger partial charge in [0.1, 0.15) is 0 Å². The zero-order chi connectivity index (χ0) is 22.6. The number of benzene rings is 1. The van der Waals surface area contributed by atoms with Crippen LogP contribution in [0.1, 0.15) is 31.7 Å². The molecule has 9 nitrogen and oxygen atoms in total. The third kappa shape index (κ3) is 8.72. The van der Waals surface area contributed by atoms with Crippen molar-refractivity contribution in [2.45, 2.75) is 32.7 Å². The second kappa shape index (κ2) is 13.3. The fourth-order valence-electron chi connectivity index (χ4n) is 4.02. The average molecular weight is 447 g/mol. The van der Waals surface area contributed by atoms with E-state index in [0.29, 0.717) is 6.54 Å². The fraction of sp³-hybridized carbons (Fsp3) is 0.696. The predicted octanol–water partition coefficient (Wildman–Crippen LogP) is 2.08. The van der Waals surface area contributed by atoms with Gasteiger partial charge in [-0.2, -0.15) is 0 Å². The maximum atomic E-state index is 10.8. The highest BCUT2D eigenvalue weighted by Crippen LogP contribution is 2.15. The second-order valence-corrected chi connectivity index (χ2v) is 8.77. The molecular formula is C23H38N6O3. The molecule has 1 aromatic rings. The molecule has 9 heteroatoms. The Bertz CT molecular complexity index is 713. The number of hydrogen-bond donors (Lipinski definition) is 2. The van der Waals surface area contributed by atoms with Crippen molar-refractivity contribution in [3.05, 3.63) is 39.9 Å². The van der Waals surface area contributed by atoms with Crippen molar-refractivity contribution in [1.29, 1.82) is 0 Å². The Hall–Kier alpha value is -2.23. The average Bonchev–Trinajstić information content (AvgIpc) is 2.82. The van der Waals surface area contributed by atoms with Gasteiger partial charge in [0, 0.05) is 44.9 Å². The van der Waals surface area contributed by atoms with Crippen molar-refractivity contribution >= 4 is 11.6 Å². The molecule has 0 bridgehead atoms. The summed E-state index contributed by atoms with van der Waals surface area (Å²) in [5.74, 6) is 1.65. The molecular weight excluding hydrogens is 408 g/mol. The third-order valence-electron chi connectivity index (χ3n) is 6.21. The van der Waals surface area contributed by atoms with Crippen LogP contribution < -0.4 is 10.6 Å². The highest BCUT2D eigenvalue weighted by molar-refractivity contribution is 5.79. The molecule has 0 spiro atoms. The number of aliphatic imine (C=N–C) groups is 1. The number of ether oxygens (including phenoxy) is 1. The number of guanidine groups is 1. The molecule has 0 unspecified atom stereocenters. The molecule has 1 aromatic carbocycles. The minimum Gasteiger partial charge on any atom is -0.379 e. The van der Waals surface area contributed by atoms with Crippen molar-refractivity contribution in [1.82, 2.24) is 20.4 Å². The SMILES string of the molecule is CC1CCN(CCCNC(=NCc2ccc([N+](=O)[O-])cc2)NCCN2CCOCC2)CC1. The maximum absolute atomic E-state index is 10.8. The Morgan fingerprint density at radius 1 is 1.06 bits per heavy atom. The Kier molecular flexibility index (Phi) is 10.2. The molecule has 0 saturated carbocycles. The summed E-state index contributed by atoms with van der Waals surface area (Å²) in [5.41, 5.74) is 1.05. The summed E-state index contributed by atoms with van der Waals surface area (Å²) in [6.45, 7) is 12.5. The second-order valence-electron chi connectivity index (χ2n) is 8.77. The lowest BCUT2D eigenvalue weighted by molar-refractivity contribution is -0.384. The van der Waals surface area contributed by atoms with Crippen LogP contribution in [-0.2, 0) is 11.3 Å². The molecule has 178 valence electrons. The van der Waals surface area contributed by atoms with Gasteiger partial charge in [-0.15, -0.1) is 0 Å². The van der Waals surface area contributed by atoms with Gasteiger partial charge in [-0.3, -0.25) is 15.0 Å². The zero-order valence-electron chi connectivity index (χ0n) is 19.3. The first-order valence-corrected chi connectivity index (χ1v) is 11.9. The van der Waals surface area contributed by atoms with Gasteiger partial charge in [-0.05, 0) is 50.4 Å². The van der Waals surface area contributed by atoms with Crippen LogP contribution in [0.25, 0.3) is 0 Å². The van der Waals surface area contributed by atoms with E-state index in [2.05, 4.69) is 27.4 Å². The number of hydrogen-bond acceptors (Lipinski definition) is 6. The van der Waals surface area contributed by atoms with E-state index < -0.39 is 0 Å². The lowest BCUT2D eigenvalue weighted by Crippen LogP contribution is -2.45. The summed E-state index contributed by atoms with van der Waals surface area (Å²) >= 11 is 0. The van der Waals surface area contributed by atoms with E-state index in [4.69, 9.17) is 9.73 Å². The Morgan fingerprint density at radius 2 is 1.72 bits per heavy atom. The molecule has 0 aromatic heterocycles. The van der Waals surface area contributed by atoms with Gasteiger partial charge in [-0.25, -0.2) is 4.99 Å². The summed E-state index contributed by atoms with van der Waals surface area (Å²) in [7, 11) is 0. The molecule has 2 aliphatic heterocycles. The quantitative estimate of drug-likeness (QED) is 0.187. The summed E-state index contributed by atoms with van der Waals surface area (Å²) in [5, 5.41) is 17.8. The number of non-ortho nitro benzene ring substituents is 1. The van der Waals surface area contributed by atoms with E-state index in [-0.39, 0.29) is 10.6 Å². The van der Waals surface area contributed by atoms with Gasteiger partial charge in [0.25, 0.3) is 5.69 Å². The van der Waals surface area contributed by atoms with Crippen LogP contribution >= 0.6 is 0 Å². The first-order valence-electron chi connectivity index (χ1n) is 11.9. The van der Waals surface area contributed by atoms with Crippen LogP contribution in [0, 0.1) is 16.0 Å². The van der Waals surface area contributed by atoms with E-state index in [1.54, 1.807) is 12.1 Å². The molecule has 2 fully saturated rings. The molecule has 2 saturated heterocycles. The zero-order valence-corrected chi connectivity index (χ0v) is 19.3. The number of nitrogens with one attached hydrogen (secondary N) is 2. The third-order valence-corrected chi connectivity index (χ3v) is 6.21. The summed E-state index contributed by atoms with van der Waals surface area (Å²) in [4.78, 5) is 20.1. The Labute approximate surface area is 191 Å². The van der Waals surface area contributed by atoms with Crippen LogP contribution in [0.5, 0.6) is 0 Å². The lowest BCUT2D eigenvalue weighted by atomic mass is 9.99. The first kappa shape index (κ1) is 24.4. The van der Waals surface area contributed by atoms with E-state index >= 15 is 0 Å². The molecule has 2 heterocycles. The number of rotatable bonds is 10. The molecule has 0 amide bonds. The van der Waals surface area contributed by atoms with Gasteiger partial charge in [0.2, 0.25) is 0 Å². The van der Waals surface area contributed by atoms with E-state index in [0.717, 1.165) is 76.3 Å². The standard InChI is InChI=1S/C23H38N6O3/c1-20-7-12-27(13-8-20)11-2-9-24-23(25-10-14-28-15-17-32-18-16-28)26-19-21-3-5-22(6-4-21)29(30)31/h3-6,20H,2,7-19H2,1H3,(H2,24,25,26). The summed E-state index contributed by atoms with van der Waals surface area (Å²) in [6.07, 6.45) is 3.69.